The summed E-state index contributed by atoms with van der Waals surface area (Å²) in [5, 5.41) is 18.6. The second-order valence-corrected chi connectivity index (χ2v) is 7.86. The molecular weight excluding hydrogens is 322 g/mol. The number of fused-ring (bicyclic) bond motifs is 1. The van der Waals surface area contributed by atoms with Crippen LogP contribution in [0, 0.1) is 6.92 Å². The molecule has 0 atom stereocenters. The van der Waals surface area contributed by atoms with Gasteiger partial charge in [0.15, 0.2) is 0 Å². The van der Waals surface area contributed by atoms with Crippen LogP contribution in [0.15, 0.2) is 48.5 Å². The highest BCUT2D eigenvalue weighted by molar-refractivity contribution is 6.05. The van der Waals surface area contributed by atoms with E-state index in [1.807, 2.05) is 0 Å². The fraction of sp³-hybridized carbons (Fsp3) is 0.227. The summed E-state index contributed by atoms with van der Waals surface area (Å²) in [5.41, 5.74) is 6.99. The van der Waals surface area contributed by atoms with E-state index in [-0.39, 0.29) is 11.3 Å². The van der Waals surface area contributed by atoms with Gasteiger partial charge in [-0.05, 0) is 23.5 Å². The molecule has 0 bridgehead atoms. The van der Waals surface area contributed by atoms with E-state index in [1.165, 1.54) is 11.1 Å². The number of hydrogen-bond acceptors (Lipinski definition) is 2. The zero-order valence-electron chi connectivity index (χ0n) is 15.5. The van der Waals surface area contributed by atoms with Crippen LogP contribution in [0.5, 0.6) is 5.88 Å². The summed E-state index contributed by atoms with van der Waals surface area (Å²) >= 11 is 0. The molecule has 2 aromatic heterocycles. The zero-order chi connectivity index (χ0) is 18.5. The molecule has 0 fully saturated rings. The lowest BCUT2D eigenvalue weighted by molar-refractivity contribution is 0.461. The molecule has 3 N–H and O–H groups in total. The fourth-order valence-corrected chi connectivity index (χ4v) is 3.27. The van der Waals surface area contributed by atoms with Crippen molar-refractivity contribution in [3.8, 4) is 28.4 Å². The molecule has 0 unspecified atom stereocenters. The van der Waals surface area contributed by atoms with Gasteiger partial charge >= 0.3 is 0 Å². The molecule has 0 aliphatic heterocycles. The second kappa shape index (κ2) is 5.77. The number of rotatable bonds is 2. The minimum Gasteiger partial charge on any atom is -0.493 e. The molecule has 26 heavy (non-hydrogen) atoms. The first-order valence-electron chi connectivity index (χ1n) is 8.81. The Morgan fingerprint density at radius 2 is 1.50 bits per heavy atom. The highest BCUT2D eigenvalue weighted by atomic mass is 16.3. The van der Waals surface area contributed by atoms with Gasteiger partial charge < -0.3 is 10.1 Å². The van der Waals surface area contributed by atoms with E-state index in [0.29, 0.717) is 5.52 Å². The molecule has 2 heterocycles. The van der Waals surface area contributed by atoms with Gasteiger partial charge in [-0.2, -0.15) is 5.10 Å². The molecule has 4 rings (SSSR count). The van der Waals surface area contributed by atoms with Crippen LogP contribution in [0.1, 0.15) is 31.9 Å². The van der Waals surface area contributed by atoms with Gasteiger partial charge in [0.05, 0.1) is 11.1 Å². The number of nitrogens with one attached hydrogen (secondary N) is 2. The van der Waals surface area contributed by atoms with Crippen LogP contribution >= 0.6 is 0 Å². The fourth-order valence-electron chi connectivity index (χ4n) is 3.27. The number of aryl methyl sites for hydroxylation is 1. The summed E-state index contributed by atoms with van der Waals surface area (Å²) in [5.74, 6) is 0.112. The van der Waals surface area contributed by atoms with Gasteiger partial charge in [0.25, 0.3) is 0 Å². The van der Waals surface area contributed by atoms with Gasteiger partial charge in [-0.1, -0.05) is 74.9 Å². The minimum atomic E-state index is 0.106. The summed E-state index contributed by atoms with van der Waals surface area (Å²) in [4.78, 5) is 3.11. The van der Waals surface area contributed by atoms with Crippen molar-refractivity contribution in [1.29, 1.82) is 0 Å². The topological polar surface area (TPSA) is 64.7 Å². The van der Waals surface area contributed by atoms with Crippen LogP contribution in [-0.4, -0.2) is 20.3 Å². The van der Waals surface area contributed by atoms with Crippen molar-refractivity contribution in [1.82, 2.24) is 15.2 Å². The molecule has 0 saturated heterocycles. The lowest BCUT2D eigenvalue weighted by atomic mass is 9.86. The van der Waals surface area contributed by atoms with Crippen molar-refractivity contribution >= 4 is 10.9 Å². The molecule has 0 saturated carbocycles. The van der Waals surface area contributed by atoms with Crippen LogP contribution < -0.4 is 0 Å². The molecule has 0 aliphatic rings. The number of hydrogen-bond donors (Lipinski definition) is 3. The van der Waals surface area contributed by atoms with E-state index < -0.39 is 0 Å². The third kappa shape index (κ3) is 2.68. The average Bonchev–Trinajstić information content (AvgIpc) is 3.17. The highest BCUT2D eigenvalue weighted by Gasteiger charge is 2.20. The predicted molar refractivity (Wildman–Crippen MR) is 106 cm³/mol. The maximum atomic E-state index is 10.3. The SMILES string of the molecule is Cc1ccc(-c2n[nH]c3c(O)[nH]c(-c4ccc(C(C)(C)C)cc4)c23)cc1. The standard InChI is InChI=1S/C22H23N3O/c1-13-5-7-15(8-6-13)19-17-18(23-21(26)20(17)25-24-19)14-9-11-16(12-10-14)22(2,3)4/h5-12,23,25-26H,1-4H3. The molecule has 0 aliphatic carbocycles. The Labute approximate surface area is 152 Å². The number of H-pyrrole nitrogens is 2. The van der Waals surface area contributed by atoms with E-state index in [0.717, 1.165) is 27.9 Å². The molecule has 0 spiro atoms. The van der Waals surface area contributed by atoms with E-state index in [1.54, 1.807) is 0 Å². The van der Waals surface area contributed by atoms with Crippen molar-refractivity contribution in [2.75, 3.05) is 0 Å². The first kappa shape index (κ1) is 16.5. The Hall–Kier alpha value is -3.01. The minimum absolute atomic E-state index is 0.106. The van der Waals surface area contributed by atoms with Gasteiger partial charge in [-0.25, -0.2) is 0 Å². The number of aromatic nitrogens is 3. The predicted octanol–water partition coefficient (Wildman–Crippen LogP) is 5.54. The smallest absolute Gasteiger partial charge is 0.215 e. The van der Waals surface area contributed by atoms with Crippen molar-refractivity contribution in [2.45, 2.75) is 33.1 Å². The Balaban J connectivity index is 1.88. The molecule has 4 nitrogen and oxygen atoms in total. The Kier molecular flexibility index (Phi) is 3.65. The van der Waals surface area contributed by atoms with E-state index >= 15 is 0 Å². The van der Waals surface area contributed by atoms with Gasteiger partial charge in [0.1, 0.15) is 11.2 Å². The lowest BCUT2D eigenvalue weighted by Crippen LogP contribution is -2.10. The Morgan fingerprint density at radius 1 is 0.885 bits per heavy atom. The second-order valence-electron chi connectivity index (χ2n) is 7.86. The number of aromatic hydroxyl groups is 1. The zero-order valence-corrected chi connectivity index (χ0v) is 15.5. The normalized spacial score (nSPS) is 12.0. The molecule has 132 valence electrons. The lowest BCUT2D eigenvalue weighted by Gasteiger charge is -2.19. The van der Waals surface area contributed by atoms with Crippen LogP contribution in [0.3, 0.4) is 0 Å². The largest absolute Gasteiger partial charge is 0.493 e. The van der Waals surface area contributed by atoms with Crippen LogP contribution in [0.4, 0.5) is 0 Å². The van der Waals surface area contributed by atoms with Crippen molar-refractivity contribution < 1.29 is 5.11 Å². The molecule has 0 radical (unpaired) electrons. The maximum absolute atomic E-state index is 10.3. The Bertz CT molecular complexity index is 1060. The first-order chi connectivity index (χ1) is 12.3. The molecule has 2 aromatic carbocycles. The van der Waals surface area contributed by atoms with E-state index in [2.05, 4.69) is 91.4 Å². The summed E-state index contributed by atoms with van der Waals surface area (Å²) in [6, 6.07) is 16.7. The summed E-state index contributed by atoms with van der Waals surface area (Å²) in [6.45, 7) is 8.67. The van der Waals surface area contributed by atoms with Gasteiger partial charge in [0, 0.05) is 5.56 Å². The number of nitrogens with zero attached hydrogens (tertiary/aromatic N) is 1. The highest BCUT2D eigenvalue weighted by Crippen LogP contribution is 2.39. The average molecular weight is 345 g/mol. The van der Waals surface area contributed by atoms with Gasteiger partial charge in [-0.15, -0.1) is 0 Å². The molecule has 4 heteroatoms. The third-order valence-electron chi connectivity index (χ3n) is 4.86. The van der Waals surface area contributed by atoms with Crippen LogP contribution in [0.25, 0.3) is 33.4 Å². The van der Waals surface area contributed by atoms with Crippen molar-refractivity contribution in [3.63, 3.8) is 0 Å². The van der Waals surface area contributed by atoms with Gasteiger partial charge in [0.2, 0.25) is 5.88 Å². The van der Waals surface area contributed by atoms with Crippen molar-refractivity contribution in [2.24, 2.45) is 0 Å². The summed E-state index contributed by atoms with van der Waals surface area (Å²) < 4.78 is 0. The van der Waals surface area contributed by atoms with Crippen LogP contribution in [-0.2, 0) is 5.41 Å². The monoisotopic (exact) mass is 345 g/mol. The quantitative estimate of drug-likeness (QED) is 0.447. The molecular formula is C22H23N3O. The summed E-state index contributed by atoms with van der Waals surface area (Å²) in [7, 11) is 0. The first-order valence-corrected chi connectivity index (χ1v) is 8.81. The molecule has 0 amide bonds. The number of aromatic amines is 2. The van der Waals surface area contributed by atoms with Gasteiger partial charge in [-0.3, -0.25) is 5.10 Å². The summed E-state index contributed by atoms with van der Waals surface area (Å²) in [6.07, 6.45) is 0. The van der Waals surface area contributed by atoms with E-state index in [4.69, 9.17) is 0 Å². The maximum Gasteiger partial charge on any atom is 0.215 e. The van der Waals surface area contributed by atoms with Crippen LogP contribution in [0.2, 0.25) is 0 Å². The molecule has 4 aromatic rings. The Morgan fingerprint density at radius 3 is 2.12 bits per heavy atom. The third-order valence-corrected chi connectivity index (χ3v) is 4.86. The van der Waals surface area contributed by atoms with E-state index in [9.17, 15) is 5.11 Å². The number of benzene rings is 2. The van der Waals surface area contributed by atoms with Crippen molar-refractivity contribution in [3.05, 3.63) is 59.7 Å².